The van der Waals surface area contributed by atoms with Crippen LogP contribution < -0.4 is 11.1 Å². The van der Waals surface area contributed by atoms with Crippen LogP contribution in [-0.4, -0.2) is 0 Å². The number of benzene rings is 2. The second kappa shape index (κ2) is 5.18. The van der Waals surface area contributed by atoms with Crippen LogP contribution in [0.2, 0.25) is 0 Å². The van der Waals surface area contributed by atoms with E-state index in [2.05, 4.69) is 39.4 Å². The van der Waals surface area contributed by atoms with Crippen molar-refractivity contribution in [2.75, 3.05) is 11.1 Å². The van der Waals surface area contributed by atoms with Gasteiger partial charge in [0.15, 0.2) is 0 Å². The number of anilines is 2. The molecule has 0 fully saturated rings. The van der Waals surface area contributed by atoms with Crippen molar-refractivity contribution in [3.8, 4) is 6.07 Å². The normalized spacial score (nSPS) is 16.5. The molecule has 100 valence electrons. The quantitative estimate of drug-likeness (QED) is 0.819. The van der Waals surface area contributed by atoms with Crippen molar-refractivity contribution in [1.29, 1.82) is 5.26 Å². The van der Waals surface area contributed by atoms with E-state index in [9.17, 15) is 0 Å². The first-order valence-corrected chi connectivity index (χ1v) is 7.31. The molecule has 0 saturated heterocycles. The Morgan fingerprint density at radius 1 is 1.25 bits per heavy atom. The zero-order valence-corrected chi connectivity index (χ0v) is 12.4. The molecular formula is C16H14BrN3. The number of nitrogen functional groups attached to an aromatic ring is 1. The molecule has 4 heteroatoms. The lowest BCUT2D eigenvalue weighted by Gasteiger charge is -2.16. The Kier molecular flexibility index (Phi) is 3.37. The zero-order valence-electron chi connectivity index (χ0n) is 10.9. The van der Waals surface area contributed by atoms with E-state index in [1.54, 1.807) is 0 Å². The molecule has 0 bridgehead atoms. The lowest BCUT2D eigenvalue weighted by molar-refractivity contribution is 0.762. The second-order valence-corrected chi connectivity index (χ2v) is 5.85. The summed E-state index contributed by atoms with van der Waals surface area (Å²) in [5.74, 6) is 0. The summed E-state index contributed by atoms with van der Waals surface area (Å²) in [6, 6.07) is 14.3. The Bertz CT molecular complexity index is 703. The van der Waals surface area contributed by atoms with Gasteiger partial charge in [0.05, 0.1) is 11.6 Å². The van der Waals surface area contributed by atoms with Gasteiger partial charge in [0.25, 0.3) is 0 Å². The van der Waals surface area contributed by atoms with Crippen LogP contribution in [0.4, 0.5) is 11.4 Å². The Morgan fingerprint density at radius 3 is 2.85 bits per heavy atom. The Labute approximate surface area is 126 Å². The molecule has 2 aromatic rings. The molecule has 1 atom stereocenters. The summed E-state index contributed by atoms with van der Waals surface area (Å²) in [4.78, 5) is 0. The summed E-state index contributed by atoms with van der Waals surface area (Å²) >= 11 is 3.42. The Hall–Kier alpha value is -1.99. The third kappa shape index (κ3) is 2.37. The van der Waals surface area contributed by atoms with Crippen molar-refractivity contribution < 1.29 is 0 Å². The fourth-order valence-electron chi connectivity index (χ4n) is 2.68. The summed E-state index contributed by atoms with van der Waals surface area (Å²) in [5, 5.41) is 12.5. The van der Waals surface area contributed by atoms with Gasteiger partial charge in [-0.1, -0.05) is 6.07 Å². The molecule has 0 amide bonds. The van der Waals surface area contributed by atoms with Crippen LogP contribution in [0.5, 0.6) is 0 Å². The molecule has 3 N–H and O–H groups in total. The first kappa shape index (κ1) is 13.0. The number of aryl methyl sites for hydroxylation is 1. The lowest BCUT2D eigenvalue weighted by Crippen LogP contribution is -2.07. The molecule has 1 unspecified atom stereocenters. The highest BCUT2D eigenvalue weighted by Gasteiger charge is 2.22. The van der Waals surface area contributed by atoms with Gasteiger partial charge in [-0.15, -0.1) is 0 Å². The van der Waals surface area contributed by atoms with E-state index in [-0.39, 0.29) is 0 Å². The van der Waals surface area contributed by atoms with Gasteiger partial charge < -0.3 is 11.1 Å². The first-order valence-electron chi connectivity index (χ1n) is 6.52. The minimum absolute atomic E-state index is 0.311. The molecule has 0 aliphatic heterocycles. The fourth-order valence-corrected chi connectivity index (χ4v) is 3.15. The van der Waals surface area contributed by atoms with Crippen LogP contribution in [0.3, 0.4) is 0 Å². The maximum Gasteiger partial charge on any atom is 0.100 e. The summed E-state index contributed by atoms with van der Waals surface area (Å²) in [5.41, 5.74) is 11.0. The first-order chi connectivity index (χ1) is 9.67. The highest BCUT2D eigenvalue weighted by molar-refractivity contribution is 9.10. The molecule has 0 saturated carbocycles. The van der Waals surface area contributed by atoms with Crippen molar-refractivity contribution in [3.05, 3.63) is 57.6 Å². The number of nitrogens with zero attached hydrogens (tertiary/aromatic N) is 1. The molecule has 2 aromatic carbocycles. The SMILES string of the molecule is N#Cc1ccc(NC2CCc3cc(N)ccc32)cc1Br. The maximum absolute atomic E-state index is 8.94. The molecular weight excluding hydrogens is 314 g/mol. The molecule has 0 heterocycles. The molecule has 20 heavy (non-hydrogen) atoms. The smallest absolute Gasteiger partial charge is 0.100 e. The number of nitrogens with two attached hydrogens (primary N) is 1. The highest BCUT2D eigenvalue weighted by atomic mass is 79.9. The summed E-state index contributed by atoms with van der Waals surface area (Å²) in [7, 11) is 0. The summed E-state index contributed by atoms with van der Waals surface area (Å²) in [6.45, 7) is 0. The number of hydrogen-bond acceptors (Lipinski definition) is 3. The highest BCUT2D eigenvalue weighted by Crippen LogP contribution is 2.35. The number of nitrogens with one attached hydrogen (secondary N) is 1. The number of halogens is 1. The largest absolute Gasteiger partial charge is 0.399 e. The van der Waals surface area contributed by atoms with E-state index in [0.29, 0.717) is 11.6 Å². The average Bonchev–Trinajstić information content (AvgIpc) is 2.81. The third-order valence-electron chi connectivity index (χ3n) is 3.68. The van der Waals surface area contributed by atoms with Crippen LogP contribution in [0, 0.1) is 11.3 Å². The Morgan fingerprint density at radius 2 is 2.10 bits per heavy atom. The van der Waals surface area contributed by atoms with Crippen molar-refractivity contribution >= 4 is 27.3 Å². The van der Waals surface area contributed by atoms with Gasteiger partial charge in [-0.3, -0.25) is 0 Å². The average molecular weight is 328 g/mol. The molecule has 3 nitrogen and oxygen atoms in total. The van der Waals surface area contributed by atoms with Crippen molar-refractivity contribution in [2.24, 2.45) is 0 Å². The van der Waals surface area contributed by atoms with Crippen LogP contribution >= 0.6 is 15.9 Å². The predicted octanol–water partition coefficient (Wildman–Crippen LogP) is 4.00. The zero-order chi connectivity index (χ0) is 14.1. The predicted molar refractivity (Wildman–Crippen MR) is 84.4 cm³/mol. The summed E-state index contributed by atoms with van der Waals surface area (Å²) in [6.07, 6.45) is 2.12. The fraction of sp³-hybridized carbons (Fsp3) is 0.188. The van der Waals surface area contributed by atoms with E-state index >= 15 is 0 Å². The van der Waals surface area contributed by atoms with Crippen LogP contribution in [0.15, 0.2) is 40.9 Å². The second-order valence-electron chi connectivity index (χ2n) is 5.00. The molecule has 0 radical (unpaired) electrons. The standard InChI is InChI=1S/C16H14BrN3/c17-15-8-13(4-1-11(15)9-18)20-16-6-2-10-7-12(19)3-5-14(10)16/h1,3-5,7-8,16,20H,2,6,19H2. The van der Waals surface area contributed by atoms with E-state index in [1.165, 1.54) is 11.1 Å². The Balaban J connectivity index is 1.84. The van der Waals surface area contributed by atoms with Crippen molar-refractivity contribution in [3.63, 3.8) is 0 Å². The molecule has 0 spiro atoms. The van der Waals surface area contributed by atoms with Gasteiger partial charge >= 0.3 is 0 Å². The van der Waals surface area contributed by atoms with Gasteiger partial charge in [-0.2, -0.15) is 5.26 Å². The summed E-state index contributed by atoms with van der Waals surface area (Å²) < 4.78 is 0.820. The van der Waals surface area contributed by atoms with Gasteiger partial charge in [-0.05, 0) is 70.2 Å². The number of hydrogen-bond donors (Lipinski definition) is 2. The molecule has 0 aromatic heterocycles. The molecule has 1 aliphatic carbocycles. The number of nitriles is 1. The third-order valence-corrected chi connectivity index (χ3v) is 4.33. The topological polar surface area (TPSA) is 61.8 Å². The minimum Gasteiger partial charge on any atom is -0.399 e. The van der Waals surface area contributed by atoms with E-state index in [0.717, 1.165) is 28.7 Å². The van der Waals surface area contributed by atoms with Gasteiger partial charge in [-0.25, -0.2) is 0 Å². The van der Waals surface area contributed by atoms with E-state index < -0.39 is 0 Å². The van der Waals surface area contributed by atoms with Gasteiger partial charge in [0.2, 0.25) is 0 Å². The van der Waals surface area contributed by atoms with Crippen molar-refractivity contribution in [2.45, 2.75) is 18.9 Å². The van der Waals surface area contributed by atoms with Crippen LogP contribution in [0.25, 0.3) is 0 Å². The monoisotopic (exact) mass is 327 g/mol. The van der Waals surface area contributed by atoms with Gasteiger partial charge in [0, 0.05) is 15.8 Å². The van der Waals surface area contributed by atoms with E-state index in [4.69, 9.17) is 11.0 Å². The maximum atomic E-state index is 8.94. The minimum atomic E-state index is 0.311. The number of fused-ring (bicyclic) bond motifs is 1. The van der Waals surface area contributed by atoms with Crippen LogP contribution in [0.1, 0.15) is 29.2 Å². The number of rotatable bonds is 2. The lowest BCUT2D eigenvalue weighted by atomic mass is 10.1. The molecule has 1 aliphatic rings. The van der Waals surface area contributed by atoms with Crippen molar-refractivity contribution in [1.82, 2.24) is 0 Å². The van der Waals surface area contributed by atoms with Gasteiger partial charge in [0.1, 0.15) is 6.07 Å². The van der Waals surface area contributed by atoms with E-state index in [1.807, 2.05) is 24.3 Å². The van der Waals surface area contributed by atoms with Crippen LogP contribution in [-0.2, 0) is 6.42 Å². The molecule has 3 rings (SSSR count).